The third-order valence-corrected chi connectivity index (χ3v) is 6.38. The van der Waals surface area contributed by atoms with E-state index in [2.05, 4.69) is 15.2 Å². The van der Waals surface area contributed by atoms with E-state index in [0.717, 1.165) is 43.1 Å². The number of carbonyl (C=O) groups excluding carboxylic acids is 1. The summed E-state index contributed by atoms with van der Waals surface area (Å²) in [4.78, 5) is 23.8. The molecule has 0 radical (unpaired) electrons. The molecule has 3 aliphatic heterocycles. The van der Waals surface area contributed by atoms with Crippen LogP contribution in [-0.4, -0.2) is 47.2 Å². The molecule has 0 saturated carbocycles. The Morgan fingerprint density at radius 2 is 2.33 bits per heavy atom. The second-order valence-corrected chi connectivity index (χ2v) is 8.02. The van der Waals surface area contributed by atoms with Crippen molar-refractivity contribution in [2.45, 2.75) is 38.4 Å². The van der Waals surface area contributed by atoms with Gasteiger partial charge in [0.2, 0.25) is 0 Å². The van der Waals surface area contributed by atoms with Gasteiger partial charge in [0.25, 0.3) is 5.91 Å². The predicted molar refractivity (Wildman–Crippen MR) is 98.6 cm³/mol. The normalized spacial score (nSPS) is 31.3. The van der Waals surface area contributed by atoms with Crippen LogP contribution in [0.2, 0.25) is 0 Å². The summed E-state index contributed by atoms with van der Waals surface area (Å²) in [5.74, 6) is 1.87. The van der Waals surface area contributed by atoms with Crippen molar-refractivity contribution >= 4 is 11.7 Å². The molecule has 0 unspecified atom stereocenters. The fraction of sp³-hybridized carbons (Fsp3) is 0.550. The maximum atomic E-state index is 12.3. The molecule has 3 saturated heterocycles. The van der Waals surface area contributed by atoms with Crippen molar-refractivity contribution in [1.29, 1.82) is 0 Å². The lowest BCUT2D eigenvalue weighted by molar-refractivity contribution is 0.0141. The standard InChI is InChI=1S/C20H24N4O3/c1-12-8-21-13(2)18(23-12)24-10-15-14(16-5-6-20(15,11-24)27-16)9-22-19(25)17-4-3-7-26-17/h3-4,7-8,14-16H,5-6,9-11H2,1-2H3,(H,22,25)/t14-,15+,16+,20+/m0/s1. The molecule has 1 N–H and O–H groups in total. The summed E-state index contributed by atoms with van der Waals surface area (Å²) in [6.45, 7) is 6.35. The van der Waals surface area contributed by atoms with Crippen LogP contribution in [0.15, 0.2) is 29.0 Å². The summed E-state index contributed by atoms with van der Waals surface area (Å²) in [5.41, 5.74) is 1.77. The van der Waals surface area contributed by atoms with Crippen LogP contribution in [0.1, 0.15) is 34.8 Å². The number of fused-ring (bicyclic) bond motifs is 1. The first-order valence-electron chi connectivity index (χ1n) is 9.60. The number of nitrogens with one attached hydrogen (secondary N) is 1. The predicted octanol–water partition coefficient (Wildman–Crippen LogP) is 2.10. The van der Waals surface area contributed by atoms with Crippen molar-refractivity contribution < 1.29 is 13.9 Å². The Morgan fingerprint density at radius 3 is 3.15 bits per heavy atom. The first kappa shape index (κ1) is 16.7. The van der Waals surface area contributed by atoms with Crippen molar-refractivity contribution in [3.8, 4) is 0 Å². The van der Waals surface area contributed by atoms with Crippen LogP contribution in [0.25, 0.3) is 0 Å². The summed E-state index contributed by atoms with van der Waals surface area (Å²) < 4.78 is 11.7. The first-order chi connectivity index (χ1) is 13.1. The van der Waals surface area contributed by atoms with E-state index in [1.807, 2.05) is 20.0 Å². The number of amides is 1. The molecule has 1 amide bonds. The molecule has 0 aliphatic carbocycles. The number of rotatable bonds is 4. The maximum Gasteiger partial charge on any atom is 0.286 e. The Balaban J connectivity index is 1.33. The Kier molecular flexibility index (Phi) is 3.75. The van der Waals surface area contributed by atoms with Crippen LogP contribution >= 0.6 is 0 Å². The van der Waals surface area contributed by atoms with Crippen LogP contribution in [0.5, 0.6) is 0 Å². The summed E-state index contributed by atoms with van der Waals surface area (Å²) in [5, 5.41) is 3.04. The fourth-order valence-electron chi connectivity index (χ4n) is 5.15. The zero-order valence-corrected chi connectivity index (χ0v) is 15.6. The lowest BCUT2D eigenvalue weighted by Gasteiger charge is -2.29. The van der Waals surface area contributed by atoms with Crippen LogP contribution in [0.3, 0.4) is 0 Å². The van der Waals surface area contributed by atoms with E-state index >= 15 is 0 Å². The minimum Gasteiger partial charge on any atom is -0.459 e. The highest BCUT2D eigenvalue weighted by molar-refractivity contribution is 5.91. The van der Waals surface area contributed by atoms with Gasteiger partial charge in [0, 0.05) is 37.7 Å². The van der Waals surface area contributed by atoms with Gasteiger partial charge in [0.05, 0.1) is 29.4 Å². The van der Waals surface area contributed by atoms with E-state index < -0.39 is 0 Å². The van der Waals surface area contributed by atoms with Crippen molar-refractivity contribution in [3.05, 3.63) is 41.7 Å². The largest absolute Gasteiger partial charge is 0.459 e. The van der Waals surface area contributed by atoms with Crippen LogP contribution < -0.4 is 10.2 Å². The number of aromatic nitrogens is 2. The number of aryl methyl sites for hydroxylation is 2. The van der Waals surface area contributed by atoms with Gasteiger partial charge in [-0.05, 0) is 38.8 Å². The second kappa shape index (κ2) is 6.05. The third-order valence-electron chi connectivity index (χ3n) is 6.38. The third kappa shape index (κ3) is 2.64. The van der Waals surface area contributed by atoms with Crippen LogP contribution in [0.4, 0.5) is 5.82 Å². The van der Waals surface area contributed by atoms with Gasteiger partial charge in [0.1, 0.15) is 5.82 Å². The van der Waals surface area contributed by atoms with Gasteiger partial charge in [-0.2, -0.15) is 0 Å². The van der Waals surface area contributed by atoms with Gasteiger partial charge < -0.3 is 19.4 Å². The molecule has 4 atom stereocenters. The van der Waals surface area contributed by atoms with E-state index in [1.165, 1.54) is 6.26 Å². The van der Waals surface area contributed by atoms with Crippen molar-refractivity contribution in [3.63, 3.8) is 0 Å². The highest BCUT2D eigenvalue weighted by atomic mass is 16.5. The molecule has 27 heavy (non-hydrogen) atoms. The topological polar surface area (TPSA) is 80.5 Å². The molecule has 3 fully saturated rings. The molecule has 2 aromatic heterocycles. The molecule has 142 valence electrons. The number of anilines is 1. The van der Waals surface area contributed by atoms with E-state index in [4.69, 9.17) is 14.1 Å². The Morgan fingerprint density at radius 1 is 1.44 bits per heavy atom. The molecule has 3 aliphatic rings. The summed E-state index contributed by atoms with van der Waals surface area (Å²) in [7, 11) is 0. The molecule has 7 nitrogen and oxygen atoms in total. The number of nitrogens with zero attached hydrogens (tertiary/aromatic N) is 3. The zero-order chi connectivity index (χ0) is 18.6. The average molecular weight is 368 g/mol. The summed E-state index contributed by atoms with van der Waals surface area (Å²) in [6.07, 6.45) is 5.70. The zero-order valence-electron chi connectivity index (χ0n) is 15.6. The van der Waals surface area contributed by atoms with E-state index in [1.54, 1.807) is 12.1 Å². The Bertz CT molecular complexity index is 868. The minimum atomic E-state index is -0.160. The molecule has 1 spiro atoms. The molecule has 7 heteroatoms. The average Bonchev–Trinajstić information content (AvgIpc) is 3.42. The highest BCUT2D eigenvalue weighted by Crippen LogP contribution is 2.55. The number of hydrogen-bond donors (Lipinski definition) is 1. The lowest BCUT2D eigenvalue weighted by Crippen LogP contribution is -2.41. The Labute approximate surface area is 158 Å². The number of hydrogen-bond acceptors (Lipinski definition) is 6. The van der Waals surface area contributed by atoms with Crippen LogP contribution in [0, 0.1) is 25.7 Å². The molecular weight excluding hydrogens is 344 g/mol. The van der Waals surface area contributed by atoms with Gasteiger partial charge in [0.15, 0.2) is 5.76 Å². The monoisotopic (exact) mass is 368 g/mol. The Hall–Kier alpha value is -2.41. The van der Waals surface area contributed by atoms with E-state index in [-0.39, 0.29) is 17.6 Å². The van der Waals surface area contributed by atoms with E-state index in [0.29, 0.717) is 24.1 Å². The van der Waals surface area contributed by atoms with Gasteiger partial charge >= 0.3 is 0 Å². The number of furan rings is 1. The maximum absolute atomic E-state index is 12.3. The highest BCUT2D eigenvalue weighted by Gasteiger charge is 2.63. The summed E-state index contributed by atoms with van der Waals surface area (Å²) in [6, 6.07) is 3.41. The van der Waals surface area contributed by atoms with Crippen molar-refractivity contribution in [2.24, 2.45) is 11.8 Å². The quantitative estimate of drug-likeness (QED) is 0.890. The van der Waals surface area contributed by atoms with Gasteiger partial charge in [-0.25, -0.2) is 4.98 Å². The molecular formula is C20H24N4O3. The minimum absolute atomic E-state index is 0.109. The smallest absolute Gasteiger partial charge is 0.286 e. The molecule has 2 bridgehead atoms. The summed E-state index contributed by atoms with van der Waals surface area (Å²) >= 11 is 0. The molecule has 5 heterocycles. The fourth-order valence-corrected chi connectivity index (χ4v) is 5.15. The first-order valence-corrected chi connectivity index (χ1v) is 9.60. The van der Waals surface area contributed by atoms with Gasteiger partial charge in [-0.1, -0.05) is 0 Å². The molecule has 5 rings (SSSR count). The second-order valence-electron chi connectivity index (χ2n) is 8.02. The van der Waals surface area contributed by atoms with Crippen LogP contribution in [-0.2, 0) is 4.74 Å². The molecule has 2 aromatic rings. The SMILES string of the molecule is Cc1cnc(C)c(N2C[C@@H]3[C@H](CNC(=O)c4ccco4)[C@H]4CC[C@]3(C2)O4)n1. The van der Waals surface area contributed by atoms with Gasteiger partial charge in [-0.15, -0.1) is 0 Å². The van der Waals surface area contributed by atoms with E-state index in [9.17, 15) is 4.79 Å². The number of ether oxygens (including phenoxy) is 1. The van der Waals surface area contributed by atoms with Gasteiger partial charge in [-0.3, -0.25) is 9.78 Å². The molecule has 0 aromatic carbocycles. The number of carbonyl (C=O) groups is 1. The van der Waals surface area contributed by atoms with Crippen molar-refractivity contribution in [2.75, 3.05) is 24.5 Å². The lowest BCUT2D eigenvalue weighted by atomic mass is 9.73. The van der Waals surface area contributed by atoms with Crippen molar-refractivity contribution in [1.82, 2.24) is 15.3 Å².